The van der Waals surface area contributed by atoms with E-state index in [-0.39, 0.29) is 12.8 Å². The lowest BCUT2D eigenvalue weighted by atomic mass is 9.96. The Labute approximate surface area is 100 Å². The van der Waals surface area contributed by atoms with Gasteiger partial charge in [-0.2, -0.15) is 5.06 Å². The molecule has 1 aromatic rings. The van der Waals surface area contributed by atoms with Crippen molar-refractivity contribution < 1.29 is 14.0 Å². The van der Waals surface area contributed by atoms with Crippen LogP contribution in [0.3, 0.4) is 0 Å². The monoisotopic (exact) mass is 237 g/mol. The summed E-state index contributed by atoms with van der Waals surface area (Å²) in [5.74, 6) is 0. The molecule has 0 bridgehead atoms. The predicted molar refractivity (Wildman–Crippen MR) is 61.9 cm³/mol. The summed E-state index contributed by atoms with van der Waals surface area (Å²) in [5.41, 5.74) is -0.563. The summed E-state index contributed by atoms with van der Waals surface area (Å²) in [5, 5.41) is 1.73. The maximum Gasteiger partial charge on any atom is 0.168 e. The third-order valence-electron chi connectivity index (χ3n) is 3.02. The molecule has 1 aliphatic rings. The van der Waals surface area contributed by atoms with Gasteiger partial charge in [0, 0.05) is 25.9 Å². The van der Waals surface area contributed by atoms with Crippen molar-refractivity contribution in [1.29, 1.82) is 0 Å². The molecule has 4 heteroatoms. The standard InChI is InChI=1S/C13H16FNO2/c14-13(11-16)6-8-15(9-7-13)17-10-12-4-2-1-3-5-12/h1-5,11H,6-10H2. The number of benzene rings is 1. The number of aldehydes is 1. The summed E-state index contributed by atoms with van der Waals surface area (Å²) in [4.78, 5) is 16.1. The molecule has 2 rings (SSSR count). The zero-order valence-electron chi connectivity index (χ0n) is 9.64. The molecule has 0 spiro atoms. The molecule has 3 nitrogen and oxygen atoms in total. The van der Waals surface area contributed by atoms with Crippen LogP contribution in [0.5, 0.6) is 0 Å². The molecule has 0 aromatic heterocycles. The van der Waals surface area contributed by atoms with Crippen LogP contribution in [0.1, 0.15) is 18.4 Å². The van der Waals surface area contributed by atoms with E-state index in [1.54, 1.807) is 5.06 Å². The van der Waals surface area contributed by atoms with Crippen LogP contribution in [0.15, 0.2) is 30.3 Å². The average molecular weight is 237 g/mol. The van der Waals surface area contributed by atoms with Gasteiger partial charge in [-0.1, -0.05) is 30.3 Å². The number of hydroxylamine groups is 2. The van der Waals surface area contributed by atoms with Crippen LogP contribution in [-0.4, -0.2) is 30.1 Å². The summed E-state index contributed by atoms with van der Waals surface area (Å²) in [6, 6.07) is 9.82. The molecule has 1 fully saturated rings. The number of piperidine rings is 1. The van der Waals surface area contributed by atoms with Crippen LogP contribution in [0.2, 0.25) is 0 Å². The van der Waals surface area contributed by atoms with E-state index in [1.165, 1.54) is 0 Å². The van der Waals surface area contributed by atoms with Crippen LogP contribution < -0.4 is 0 Å². The molecule has 0 saturated carbocycles. The lowest BCUT2D eigenvalue weighted by Gasteiger charge is -2.32. The Morgan fingerprint density at radius 1 is 1.29 bits per heavy atom. The highest BCUT2D eigenvalue weighted by Gasteiger charge is 2.34. The molecule has 1 saturated heterocycles. The molecule has 0 amide bonds. The molecule has 0 N–H and O–H groups in total. The zero-order chi connectivity index (χ0) is 12.1. The van der Waals surface area contributed by atoms with Gasteiger partial charge in [0.05, 0.1) is 6.61 Å². The van der Waals surface area contributed by atoms with E-state index in [1.807, 2.05) is 30.3 Å². The molecular weight excluding hydrogens is 221 g/mol. The number of nitrogens with zero attached hydrogens (tertiary/aromatic N) is 1. The van der Waals surface area contributed by atoms with Crippen LogP contribution in [0.25, 0.3) is 0 Å². The van der Waals surface area contributed by atoms with E-state index >= 15 is 0 Å². The number of hydrogen-bond acceptors (Lipinski definition) is 3. The van der Waals surface area contributed by atoms with Gasteiger partial charge in [0.15, 0.2) is 12.0 Å². The van der Waals surface area contributed by atoms with Gasteiger partial charge in [0.25, 0.3) is 0 Å². The average Bonchev–Trinajstić information content (AvgIpc) is 2.39. The van der Waals surface area contributed by atoms with Gasteiger partial charge in [0.2, 0.25) is 0 Å². The van der Waals surface area contributed by atoms with Gasteiger partial charge in [-0.15, -0.1) is 0 Å². The van der Waals surface area contributed by atoms with E-state index in [2.05, 4.69) is 0 Å². The Balaban J connectivity index is 1.77. The van der Waals surface area contributed by atoms with Crippen molar-refractivity contribution >= 4 is 6.29 Å². The first-order valence-electron chi connectivity index (χ1n) is 5.79. The van der Waals surface area contributed by atoms with Crippen LogP contribution in [0, 0.1) is 0 Å². The molecule has 0 atom stereocenters. The highest BCUT2D eigenvalue weighted by molar-refractivity contribution is 5.62. The molecule has 0 unspecified atom stereocenters. The largest absolute Gasteiger partial charge is 0.300 e. The number of hydrogen-bond donors (Lipinski definition) is 0. The Morgan fingerprint density at radius 3 is 2.53 bits per heavy atom. The number of carbonyl (C=O) groups excluding carboxylic acids is 1. The van der Waals surface area contributed by atoms with E-state index < -0.39 is 5.67 Å². The van der Waals surface area contributed by atoms with E-state index in [9.17, 15) is 9.18 Å². The van der Waals surface area contributed by atoms with Gasteiger partial charge in [-0.05, 0) is 5.56 Å². The van der Waals surface area contributed by atoms with Gasteiger partial charge in [-0.25, -0.2) is 4.39 Å². The topological polar surface area (TPSA) is 29.5 Å². The van der Waals surface area contributed by atoms with Crippen molar-refractivity contribution in [3.05, 3.63) is 35.9 Å². The second-order valence-electron chi connectivity index (χ2n) is 4.34. The lowest BCUT2D eigenvalue weighted by Crippen LogP contribution is -2.42. The van der Waals surface area contributed by atoms with E-state index in [4.69, 9.17) is 4.84 Å². The maximum absolute atomic E-state index is 13.6. The fraction of sp³-hybridized carbons (Fsp3) is 0.462. The molecule has 0 aliphatic carbocycles. The Hall–Kier alpha value is -1.26. The molecule has 0 radical (unpaired) electrons. The molecule has 1 heterocycles. The van der Waals surface area contributed by atoms with Crippen molar-refractivity contribution in [2.24, 2.45) is 0 Å². The highest BCUT2D eigenvalue weighted by Crippen LogP contribution is 2.24. The Kier molecular flexibility index (Phi) is 3.86. The third-order valence-corrected chi connectivity index (χ3v) is 3.02. The van der Waals surface area contributed by atoms with Crippen molar-refractivity contribution in [3.63, 3.8) is 0 Å². The van der Waals surface area contributed by atoms with Crippen molar-refractivity contribution in [1.82, 2.24) is 5.06 Å². The van der Waals surface area contributed by atoms with Crippen LogP contribution >= 0.6 is 0 Å². The van der Waals surface area contributed by atoms with E-state index in [0.29, 0.717) is 26.0 Å². The maximum atomic E-state index is 13.6. The first-order valence-corrected chi connectivity index (χ1v) is 5.79. The number of rotatable bonds is 4. The normalized spacial score (nSPS) is 20.1. The van der Waals surface area contributed by atoms with Crippen molar-refractivity contribution in [2.75, 3.05) is 13.1 Å². The van der Waals surface area contributed by atoms with Gasteiger partial charge in [0.1, 0.15) is 0 Å². The number of alkyl halides is 1. The van der Waals surface area contributed by atoms with Gasteiger partial charge in [-0.3, -0.25) is 9.63 Å². The minimum absolute atomic E-state index is 0.214. The molecule has 92 valence electrons. The Morgan fingerprint density at radius 2 is 1.94 bits per heavy atom. The lowest BCUT2D eigenvalue weighted by molar-refractivity contribution is -0.192. The minimum Gasteiger partial charge on any atom is -0.300 e. The SMILES string of the molecule is O=CC1(F)CCN(OCc2ccccc2)CC1. The van der Waals surface area contributed by atoms with Crippen LogP contribution in [0.4, 0.5) is 4.39 Å². The summed E-state index contributed by atoms with van der Waals surface area (Å²) >= 11 is 0. The Bertz CT molecular complexity index is 361. The summed E-state index contributed by atoms with van der Waals surface area (Å²) in [6.45, 7) is 1.41. The highest BCUT2D eigenvalue weighted by atomic mass is 19.1. The smallest absolute Gasteiger partial charge is 0.168 e. The van der Waals surface area contributed by atoms with E-state index in [0.717, 1.165) is 5.56 Å². The van der Waals surface area contributed by atoms with Gasteiger partial charge < -0.3 is 0 Å². The first-order chi connectivity index (χ1) is 8.22. The molecule has 1 aromatic carbocycles. The summed E-state index contributed by atoms with van der Waals surface area (Å²) in [6.07, 6.45) is 0.845. The fourth-order valence-electron chi connectivity index (χ4n) is 1.84. The zero-order valence-corrected chi connectivity index (χ0v) is 9.64. The second-order valence-corrected chi connectivity index (χ2v) is 4.34. The van der Waals surface area contributed by atoms with Crippen LogP contribution in [-0.2, 0) is 16.2 Å². The predicted octanol–water partition coefficient (Wildman–Crippen LogP) is 2.12. The summed E-state index contributed by atoms with van der Waals surface area (Å²) in [7, 11) is 0. The van der Waals surface area contributed by atoms with Crippen molar-refractivity contribution in [3.8, 4) is 0 Å². The second kappa shape index (κ2) is 5.38. The first kappa shape index (κ1) is 12.2. The fourth-order valence-corrected chi connectivity index (χ4v) is 1.84. The molecule has 17 heavy (non-hydrogen) atoms. The quantitative estimate of drug-likeness (QED) is 0.751. The number of halogens is 1. The van der Waals surface area contributed by atoms with Gasteiger partial charge >= 0.3 is 0 Å². The number of carbonyl (C=O) groups is 1. The minimum atomic E-state index is -1.65. The molecular formula is C13H16FNO2. The van der Waals surface area contributed by atoms with Crippen molar-refractivity contribution in [2.45, 2.75) is 25.1 Å². The third kappa shape index (κ3) is 3.35. The summed E-state index contributed by atoms with van der Waals surface area (Å²) < 4.78 is 13.6. The molecule has 1 aliphatic heterocycles.